The highest BCUT2D eigenvalue weighted by Gasteiger charge is 2.20. The van der Waals surface area contributed by atoms with Crippen LogP contribution in [0.25, 0.3) is 5.57 Å². The summed E-state index contributed by atoms with van der Waals surface area (Å²) in [5, 5.41) is 4.25. The highest BCUT2D eigenvalue weighted by Crippen LogP contribution is 2.29. The number of anilines is 1. The molecule has 0 N–H and O–H groups in total. The van der Waals surface area contributed by atoms with Gasteiger partial charge in [-0.3, -0.25) is 4.79 Å². The van der Waals surface area contributed by atoms with Gasteiger partial charge in [0.25, 0.3) is 5.56 Å². The lowest BCUT2D eigenvalue weighted by Crippen LogP contribution is -2.26. The van der Waals surface area contributed by atoms with Gasteiger partial charge in [-0.2, -0.15) is 5.10 Å². The molecule has 6 heteroatoms. The number of ether oxygens (including phenoxy) is 1. The predicted octanol–water partition coefficient (Wildman–Crippen LogP) is 2.35. The molecule has 0 bridgehead atoms. The molecule has 0 saturated heterocycles. The van der Waals surface area contributed by atoms with Crippen molar-refractivity contribution in [3.63, 3.8) is 0 Å². The molecular formula is C16H16ClN3O2. The predicted molar refractivity (Wildman–Crippen MR) is 87.7 cm³/mol. The fraction of sp³-hybridized carbons (Fsp3) is 0.250. The van der Waals surface area contributed by atoms with Gasteiger partial charge in [0.15, 0.2) is 0 Å². The zero-order chi connectivity index (χ0) is 15.7. The summed E-state index contributed by atoms with van der Waals surface area (Å²) in [6, 6.07) is 7.92. The number of aryl methyl sites for hydroxylation is 1. The largest absolute Gasteiger partial charge is 0.497 e. The molecular weight excluding hydrogens is 302 g/mol. The van der Waals surface area contributed by atoms with Crippen LogP contribution in [0.1, 0.15) is 5.56 Å². The van der Waals surface area contributed by atoms with Crippen molar-refractivity contribution in [2.24, 2.45) is 7.05 Å². The fourth-order valence-electron chi connectivity index (χ4n) is 2.49. The molecule has 0 radical (unpaired) electrons. The third kappa shape index (κ3) is 2.60. The number of benzene rings is 1. The van der Waals surface area contributed by atoms with Crippen LogP contribution in [0.15, 0.2) is 41.3 Å². The molecule has 0 atom stereocenters. The molecule has 2 aromatic rings. The molecule has 3 rings (SSSR count). The number of nitrogens with zero attached hydrogens (tertiary/aromatic N) is 3. The molecule has 1 aliphatic heterocycles. The first kappa shape index (κ1) is 14.7. The Morgan fingerprint density at radius 2 is 2.18 bits per heavy atom. The van der Waals surface area contributed by atoms with Gasteiger partial charge >= 0.3 is 0 Å². The van der Waals surface area contributed by atoms with Gasteiger partial charge in [0, 0.05) is 20.1 Å². The van der Waals surface area contributed by atoms with Crippen molar-refractivity contribution in [2.45, 2.75) is 0 Å². The molecule has 0 fully saturated rings. The summed E-state index contributed by atoms with van der Waals surface area (Å²) in [6.45, 7) is 1.38. The number of methoxy groups -OCH3 is 1. The van der Waals surface area contributed by atoms with E-state index in [4.69, 9.17) is 16.3 Å². The Morgan fingerprint density at radius 3 is 2.95 bits per heavy atom. The zero-order valence-electron chi connectivity index (χ0n) is 12.4. The van der Waals surface area contributed by atoms with Crippen molar-refractivity contribution in [3.05, 3.63) is 57.5 Å². The van der Waals surface area contributed by atoms with E-state index < -0.39 is 0 Å². The topological polar surface area (TPSA) is 47.4 Å². The smallest absolute Gasteiger partial charge is 0.287 e. The number of aromatic nitrogens is 2. The maximum atomic E-state index is 11.9. The molecule has 5 nitrogen and oxygen atoms in total. The van der Waals surface area contributed by atoms with E-state index in [1.165, 1.54) is 10.3 Å². The van der Waals surface area contributed by atoms with E-state index in [1.807, 2.05) is 29.2 Å². The summed E-state index contributed by atoms with van der Waals surface area (Å²) in [5.74, 6) is 0.824. The number of hydrogen-bond donors (Lipinski definition) is 0. The van der Waals surface area contributed by atoms with Crippen LogP contribution < -0.4 is 15.2 Å². The summed E-state index contributed by atoms with van der Waals surface area (Å²) in [6.07, 6.45) is 3.76. The lowest BCUT2D eigenvalue weighted by molar-refractivity contribution is 0.414. The molecule has 0 aliphatic carbocycles. The van der Waals surface area contributed by atoms with Crippen molar-refractivity contribution >= 4 is 22.9 Å². The first-order valence-corrected chi connectivity index (χ1v) is 7.28. The van der Waals surface area contributed by atoms with Gasteiger partial charge in [-0.05, 0) is 23.3 Å². The van der Waals surface area contributed by atoms with Gasteiger partial charge in [-0.25, -0.2) is 4.68 Å². The van der Waals surface area contributed by atoms with Crippen molar-refractivity contribution in [1.82, 2.24) is 9.78 Å². The van der Waals surface area contributed by atoms with Crippen LogP contribution in [0.2, 0.25) is 5.02 Å². The summed E-state index contributed by atoms with van der Waals surface area (Å²) in [4.78, 5) is 13.9. The second-order valence-electron chi connectivity index (χ2n) is 5.11. The van der Waals surface area contributed by atoms with Crippen molar-refractivity contribution in [2.75, 3.05) is 25.1 Å². The molecule has 1 aromatic carbocycles. The minimum Gasteiger partial charge on any atom is -0.497 e. The Bertz CT molecular complexity index is 798. The maximum absolute atomic E-state index is 11.9. The number of rotatable bonds is 3. The lowest BCUT2D eigenvalue weighted by atomic mass is 10.1. The van der Waals surface area contributed by atoms with Crippen LogP contribution in [0.4, 0.5) is 5.69 Å². The van der Waals surface area contributed by atoms with E-state index in [-0.39, 0.29) is 10.6 Å². The Morgan fingerprint density at radius 1 is 1.36 bits per heavy atom. The lowest BCUT2D eigenvalue weighted by Gasteiger charge is -2.19. The van der Waals surface area contributed by atoms with Crippen LogP contribution >= 0.6 is 11.6 Å². The number of hydrogen-bond acceptors (Lipinski definition) is 4. The summed E-state index contributed by atoms with van der Waals surface area (Å²) in [5.41, 5.74) is 2.67. The average molecular weight is 318 g/mol. The quantitative estimate of drug-likeness (QED) is 0.872. The van der Waals surface area contributed by atoms with Crippen LogP contribution in [-0.2, 0) is 7.05 Å². The monoisotopic (exact) mass is 317 g/mol. The number of halogens is 1. The van der Waals surface area contributed by atoms with E-state index in [1.54, 1.807) is 20.4 Å². The molecule has 1 aromatic heterocycles. The average Bonchev–Trinajstić information content (AvgIpc) is 3.02. The molecule has 0 saturated carbocycles. The van der Waals surface area contributed by atoms with E-state index in [9.17, 15) is 4.79 Å². The van der Waals surface area contributed by atoms with Crippen molar-refractivity contribution in [3.8, 4) is 5.75 Å². The molecule has 0 amide bonds. The van der Waals surface area contributed by atoms with Crippen LogP contribution in [-0.4, -0.2) is 30.0 Å². The third-order valence-electron chi connectivity index (χ3n) is 3.76. The third-order valence-corrected chi connectivity index (χ3v) is 4.12. The van der Waals surface area contributed by atoms with E-state index >= 15 is 0 Å². The SMILES string of the molecule is COc1cccc(C2=CCN(c3cnn(C)c(=O)c3Cl)C2)c1. The highest BCUT2D eigenvalue weighted by atomic mass is 35.5. The first-order valence-electron chi connectivity index (χ1n) is 6.90. The molecule has 1 aliphatic rings. The highest BCUT2D eigenvalue weighted by molar-refractivity contribution is 6.33. The van der Waals surface area contributed by atoms with Gasteiger partial charge in [0.2, 0.25) is 0 Å². The minimum absolute atomic E-state index is 0.206. The zero-order valence-corrected chi connectivity index (χ0v) is 13.2. The molecule has 0 unspecified atom stereocenters. The van der Waals surface area contributed by atoms with E-state index in [0.29, 0.717) is 18.8 Å². The molecule has 22 heavy (non-hydrogen) atoms. The molecule has 0 spiro atoms. The second-order valence-corrected chi connectivity index (χ2v) is 5.49. The van der Waals surface area contributed by atoms with E-state index in [0.717, 1.165) is 11.3 Å². The van der Waals surface area contributed by atoms with E-state index in [2.05, 4.69) is 11.2 Å². The summed E-state index contributed by atoms with van der Waals surface area (Å²) in [7, 11) is 3.24. The van der Waals surface area contributed by atoms with Crippen molar-refractivity contribution in [1.29, 1.82) is 0 Å². The summed E-state index contributed by atoms with van der Waals surface area (Å²) >= 11 is 6.16. The van der Waals surface area contributed by atoms with Crippen LogP contribution in [0.3, 0.4) is 0 Å². The maximum Gasteiger partial charge on any atom is 0.287 e. The van der Waals surface area contributed by atoms with Crippen LogP contribution in [0, 0.1) is 0 Å². The Labute approximate surface area is 133 Å². The summed E-state index contributed by atoms with van der Waals surface area (Å²) < 4.78 is 6.49. The van der Waals surface area contributed by atoms with Gasteiger partial charge < -0.3 is 9.64 Å². The van der Waals surface area contributed by atoms with Gasteiger partial charge in [-0.15, -0.1) is 0 Å². The van der Waals surface area contributed by atoms with Crippen molar-refractivity contribution < 1.29 is 4.74 Å². The Balaban J connectivity index is 1.85. The Hall–Kier alpha value is -2.27. The molecule has 2 heterocycles. The fourth-order valence-corrected chi connectivity index (χ4v) is 2.78. The minimum atomic E-state index is -0.283. The normalized spacial score (nSPS) is 14.1. The Kier molecular flexibility index (Phi) is 3.90. The van der Waals surface area contributed by atoms with Gasteiger partial charge in [0.05, 0.1) is 19.0 Å². The standard InChI is InChI=1S/C16H16ClN3O2/c1-19-16(21)15(17)14(9-18-19)20-7-6-12(10-20)11-4-3-5-13(8-11)22-2/h3-6,8-9H,7,10H2,1-2H3. The second kappa shape index (κ2) is 5.85. The first-order chi connectivity index (χ1) is 10.6. The van der Waals surface area contributed by atoms with Gasteiger partial charge in [0.1, 0.15) is 10.8 Å². The van der Waals surface area contributed by atoms with Crippen LogP contribution in [0.5, 0.6) is 5.75 Å². The van der Waals surface area contributed by atoms with Gasteiger partial charge in [-0.1, -0.05) is 29.8 Å². The molecule has 114 valence electrons.